The highest BCUT2D eigenvalue weighted by atomic mass is 16.5. The molecule has 0 radical (unpaired) electrons. The van der Waals surface area contributed by atoms with Gasteiger partial charge in [0.15, 0.2) is 5.78 Å². The van der Waals surface area contributed by atoms with Crippen molar-refractivity contribution in [1.82, 2.24) is 0 Å². The van der Waals surface area contributed by atoms with Crippen molar-refractivity contribution >= 4 is 22.6 Å². The molecule has 3 rings (SSSR count). The van der Waals surface area contributed by atoms with Crippen LogP contribution in [0.5, 0.6) is 0 Å². The molecule has 0 saturated heterocycles. The van der Waals surface area contributed by atoms with Crippen molar-refractivity contribution in [2.24, 2.45) is 0 Å². The van der Waals surface area contributed by atoms with E-state index < -0.39 is 12.2 Å². The molecule has 0 amide bonds. The molecule has 0 bridgehead atoms. The van der Waals surface area contributed by atoms with Gasteiger partial charge in [-0.25, -0.2) is 0 Å². The van der Waals surface area contributed by atoms with Crippen molar-refractivity contribution < 1.29 is 14.6 Å². The molecule has 0 aromatic heterocycles. The van der Waals surface area contributed by atoms with E-state index in [1.54, 1.807) is 30.4 Å². The third-order valence-corrected chi connectivity index (χ3v) is 3.91. The number of benzene rings is 2. The van der Waals surface area contributed by atoms with Gasteiger partial charge in [-0.05, 0) is 34.6 Å². The topological polar surface area (TPSA) is 46.5 Å². The highest BCUT2D eigenvalue weighted by molar-refractivity contribution is 6.08. The van der Waals surface area contributed by atoms with Crippen LogP contribution in [0.2, 0.25) is 0 Å². The number of aliphatic hydroxyl groups excluding tert-OH is 1. The van der Waals surface area contributed by atoms with E-state index in [0.29, 0.717) is 5.57 Å². The van der Waals surface area contributed by atoms with Crippen LogP contribution < -0.4 is 0 Å². The summed E-state index contributed by atoms with van der Waals surface area (Å²) >= 11 is 0. The predicted octanol–water partition coefficient (Wildman–Crippen LogP) is 3.29. The number of carbonyl (C=O) groups excluding carboxylic acids is 1. The smallest absolute Gasteiger partial charge is 0.185 e. The first-order valence-electron chi connectivity index (χ1n) is 7.49. The van der Waals surface area contributed by atoms with Gasteiger partial charge in [-0.15, -0.1) is 0 Å². The first-order chi connectivity index (χ1) is 11.2. The summed E-state index contributed by atoms with van der Waals surface area (Å²) < 4.78 is 5.14. The minimum atomic E-state index is -0.707. The van der Waals surface area contributed by atoms with E-state index in [2.05, 4.69) is 6.07 Å². The molecule has 1 N–H and O–H groups in total. The predicted molar refractivity (Wildman–Crippen MR) is 92.0 cm³/mol. The number of aliphatic hydroxyl groups is 1. The third-order valence-electron chi connectivity index (χ3n) is 3.91. The number of fused-ring (bicyclic) bond motifs is 1. The summed E-state index contributed by atoms with van der Waals surface area (Å²) in [6.07, 6.45) is 7.02. The Labute approximate surface area is 135 Å². The lowest BCUT2D eigenvalue weighted by Gasteiger charge is -2.19. The molecule has 116 valence electrons. The van der Waals surface area contributed by atoms with E-state index in [4.69, 9.17) is 4.74 Å². The molecule has 0 heterocycles. The van der Waals surface area contributed by atoms with Crippen molar-refractivity contribution in [3.63, 3.8) is 0 Å². The van der Waals surface area contributed by atoms with E-state index in [9.17, 15) is 9.90 Å². The van der Waals surface area contributed by atoms with Gasteiger partial charge in [0.2, 0.25) is 0 Å². The summed E-state index contributed by atoms with van der Waals surface area (Å²) in [5.74, 6) is -0.108. The van der Waals surface area contributed by atoms with Crippen LogP contribution in [0.3, 0.4) is 0 Å². The molecule has 0 aliphatic heterocycles. The lowest BCUT2D eigenvalue weighted by molar-refractivity contribution is -0.111. The molecule has 1 aliphatic rings. The number of hydrogen-bond acceptors (Lipinski definition) is 3. The summed E-state index contributed by atoms with van der Waals surface area (Å²) in [7, 11) is 1.51. The highest BCUT2D eigenvalue weighted by Crippen LogP contribution is 2.18. The zero-order valence-corrected chi connectivity index (χ0v) is 12.8. The number of ketones is 1. The largest absolute Gasteiger partial charge is 0.386 e. The Balaban J connectivity index is 1.78. The first kappa shape index (κ1) is 15.4. The zero-order valence-electron chi connectivity index (χ0n) is 12.8. The Bertz CT molecular complexity index is 815. The van der Waals surface area contributed by atoms with E-state index in [-0.39, 0.29) is 5.78 Å². The highest BCUT2D eigenvalue weighted by Gasteiger charge is 2.19. The summed E-state index contributed by atoms with van der Waals surface area (Å²) in [6, 6.07) is 14.2. The molecule has 2 unspecified atom stereocenters. The molecule has 3 nitrogen and oxygen atoms in total. The molecule has 23 heavy (non-hydrogen) atoms. The lowest BCUT2D eigenvalue weighted by atomic mass is 9.98. The van der Waals surface area contributed by atoms with Gasteiger partial charge in [0, 0.05) is 12.7 Å². The molecule has 1 aliphatic carbocycles. The number of carbonyl (C=O) groups is 1. The molecule has 3 heteroatoms. The summed E-state index contributed by atoms with van der Waals surface area (Å²) in [6.45, 7) is 0. The number of allylic oxidation sites excluding steroid dienone is 3. The van der Waals surface area contributed by atoms with Gasteiger partial charge in [0.25, 0.3) is 0 Å². The molecule has 2 aromatic rings. The van der Waals surface area contributed by atoms with Crippen molar-refractivity contribution in [1.29, 1.82) is 0 Å². The molecular weight excluding hydrogens is 288 g/mol. The second-order valence-electron chi connectivity index (χ2n) is 5.48. The van der Waals surface area contributed by atoms with Crippen LogP contribution in [-0.2, 0) is 9.53 Å². The minimum absolute atomic E-state index is 0.108. The SMILES string of the molecule is COC1C=C(C(=O)/C=C/c2ccc3ccccc3c2)C=CC1O. The van der Waals surface area contributed by atoms with Gasteiger partial charge in [0.1, 0.15) is 12.2 Å². The van der Waals surface area contributed by atoms with Crippen LogP contribution in [-0.4, -0.2) is 30.2 Å². The zero-order chi connectivity index (χ0) is 16.2. The van der Waals surface area contributed by atoms with Gasteiger partial charge in [0.05, 0.1) is 0 Å². The maximum absolute atomic E-state index is 12.3. The molecular formula is C20H18O3. The van der Waals surface area contributed by atoms with Gasteiger partial charge < -0.3 is 9.84 Å². The normalized spacial score (nSPS) is 20.9. The van der Waals surface area contributed by atoms with Gasteiger partial charge in [-0.2, -0.15) is 0 Å². The Morgan fingerprint density at radius 3 is 2.74 bits per heavy atom. The fourth-order valence-corrected chi connectivity index (χ4v) is 2.59. The summed E-state index contributed by atoms with van der Waals surface area (Å²) in [5, 5.41) is 12.0. The lowest BCUT2D eigenvalue weighted by Crippen LogP contribution is -2.27. The van der Waals surface area contributed by atoms with Gasteiger partial charge >= 0.3 is 0 Å². The third kappa shape index (κ3) is 3.47. The van der Waals surface area contributed by atoms with Crippen molar-refractivity contribution in [3.8, 4) is 0 Å². The van der Waals surface area contributed by atoms with Crippen molar-refractivity contribution in [3.05, 3.63) is 77.9 Å². The maximum Gasteiger partial charge on any atom is 0.185 e. The molecule has 0 fully saturated rings. The second-order valence-corrected chi connectivity index (χ2v) is 5.48. The Morgan fingerprint density at radius 2 is 1.96 bits per heavy atom. The Morgan fingerprint density at radius 1 is 1.17 bits per heavy atom. The minimum Gasteiger partial charge on any atom is -0.386 e. The van der Waals surface area contributed by atoms with Crippen LogP contribution in [0.4, 0.5) is 0 Å². The number of hydrogen-bond donors (Lipinski definition) is 1. The Kier molecular flexibility index (Phi) is 4.51. The summed E-state index contributed by atoms with van der Waals surface area (Å²) in [5.41, 5.74) is 1.50. The van der Waals surface area contributed by atoms with Crippen molar-refractivity contribution in [2.75, 3.05) is 7.11 Å². The van der Waals surface area contributed by atoms with Crippen LogP contribution >= 0.6 is 0 Å². The van der Waals surface area contributed by atoms with E-state index in [1.165, 1.54) is 12.5 Å². The Hall–Kier alpha value is -2.49. The first-order valence-corrected chi connectivity index (χ1v) is 7.49. The van der Waals surface area contributed by atoms with E-state index >= 15 is 0 Å². The van der Waals surface area contributed by atoms with E-state index in [1.807, 2.05) is 36.4 Å². The summed E-state index contributed by atoms with van der Waals surface area (Å²) in [4.78, 5) is 12.3. The average molecular weight is 306 g/mol. The molecule has 2 aromatic carbocycles. The second kappa shape index (κ2) is 6.73. The van der Waals surface area contributed by atoms with Crippen LogP contribution in [0.1, 0.15) is 5.56 Å². The molecule has 0 spiro atoms. The van der Waals surface area contributed by atoms with Crippen LogP contribution in [0.25, 0.3) is 16.8 Å². The molecule has 2 atom stereocenters. The monoisotopic (exact) mass is 306 g/mol. The number of methoxy groups -OCH3 is 1. The molecule has 0 saturated carbocycles. The average Bonchev–Trinajstić information content (AvgIpc) is 2.60. The number of rotatable bonds is 4. The van der Waals surface area contributed by atoms with Crippen LogP contribution in [0.15, 0.2) is 72.3 Å². The maximum atomic E-state index is 12.3. The van der Waals surface area contributed by atoms with Gasteiger partial charge in [-0.1, -0.05) is 54.6 Å². The standard InChI is InChI=1S/C20H18O3/c1-23-20-13-17(9-11-19(20)22)18(21)10-7-14-6-8-15-4-2-3-5-16(15)12-14/h2-13,19-20,22H,1H3/b10-7+. The van der Waals surface area contributed by atoms with E-state index in [0.717, 1.165) is 10.9 Å². The van der Waals surface area contributed by atoms with Gasteiger partial charge in [-0.3, -0.25) is 4.79 Å². The fraction of sp³-hybridized carbons (Fsp3) is 0.150. The quantitative estimate of drug-likeness (QED) is 0.882. The fourth-order valence-electron chi connectivity index (χ4n) is 2.59. The van der Waals surface area contributed by atoms with Crippen molar-refractivity contribution in [2.45, 2.75) is 12.2 Å². The number of ether oxygens (including phenoxy) is 1. The van der Waals surface area contributed by atoms with Crippen LogP contribution in [0, 0.1) is 0 Å².